The maximum absolute atomic E-state index is 13.1. The summed E-state index contributed by atoms with van der Waals surface area (Å²) in [4.78, 5) is 19.4. The molecule has 0 fully saturated rings. The Balaban J connectivity index is 0.00000200. The standard InChI is InChI=1S/C8H3F2NO6S2.Na/c9-18(14,15)4-2-1-3-5(6(4)19(10,16)17)8(13)11-7(3)12;/h1-2H,(H,11,12,13);. The first-order chi connectivity index (χ1) is 8.53. The molecular weight excluding hydrogens is 331 g/mol. The van der Waals surface area contributed by atoms with E-state index in [-0.39, 0.29) is 29.6 Å². The number of amides is 2. The van der Waals surface area contributed by atoms with E-state index < -0.39 is 53.2 Å². The maximum atomic E-state index is 13.1. The molecule has 1 aromatic rings. The van der Waals surface area contributed by atoms with E-state index in [0.717, 1.165) is 6.07 Å². The molecule has 0 spiro atoms. The van der Waals surface area contributed by atoms with E-state index in [9.17, 15) is 34.2 Å². The molecule has 1 radical (unpaired) electrons. The van der Waals surface area contributed by atoms with Crippen molar-refractivity contribution in [1.82, 2.24) is 5.32 Å². The first kappa shape index (κ1) is 17.2. The zero-order chi connectivity index (χ0) is 14.6. The van der Waals surface area contributed by atoms with E-state index in [0.29, 0.717) is 6.07 Å². The fraction of sp³-hybridized carbons (Fsp3) is 0. The van der Waals surface area contributed by atoms with Crippen molar-refractivity contribution in [3.8, 4) is 0 Å². The van der Waals surface area contributed by atoms with Crippen LogP contribution >= 0.6 is 0 Å². The van der Waals surface area contributed by atoms with Crippen LogP contribution < -0.4 is 5.32 Å². The van der Waals surface area contributed by atoms with Crippen molar-refractivity contribution in [2.24, 2.45) is 0 Å². The minimum absolute atomic E-state index is 0. The van der Waals surface area contributed by atoms with E-state index in [1.165, 1.54) is 0 Å². The van der Waals surface area contributed by atoms with Gasteiger partial charge in [-0.15, -0.1) is 7.77 Å². The zero-order valence-corrected chi connectivity index (χ0v) is 13.3. The molecule has 0 saturated carbocycles. The monoisotopic (exact) mass is 334 g/mol. The van der Waals surface area contributed by atoms with Crippen LogP contribution in [0.1, 0.15) is 20.7 Å². The average Bonchev–Trinajstić information content (AvgIpc) is 2.51. The molecule has 0 unspecified atom stereocenters. The molecule has 0 aliphatic carbocycles. The van der Waals surface area contributed by atoms with Gasteiger partial charge in [-0.2, -0.15) is 16.8 Å². The van der Waals surface area contributed by atoms with E-state index in [2.05, 4.69) is 0 Å². The van der Waals surface area contributed by atoms with Crippen LogP contribution in [0.25, 0.3) is 0 Å². The van der Waals surface area contributed by atoms with Crippen molar-refractivity contribution >= 4 is 61.8 Å². The number of hydrogen-bond acceptors (Lipinski definition) is 6. The number of hydrogen-bond donors (Lipinski definition) is 1. The quantitative estimate of drug-likeness (QED) is 0.443. The summed E-state index contributed by atoms with van der Waals surface area (Å²) in [6, 6.07) is 1.12. The minimum Gasteiger partial charge on any atom is -0.288 e. The van der Waals surface area contributed by atoms with Crippen molar-refractivity contribution < 1.29 is 34.2 Å². The summed E-state index contributed by atoms with van der Waals surface area (Å²) >= 11 is 0. The number of imide groups is 1. The van der Waals surface area contributed by atoms with Gasteiger partial charge < -0.3 is 0 Å². The van der Waals surface area contributed by atoms with Gasteiger partial charge in [0.2, 0.25) is 0 Å². The zero-order valence-electron chi connectivity index (χ0n) is 9.68. The van der Waals surface area contributed by atoms with Crippen LogP contribution in [0.2, 0.25) is 0 Å². The van der Waals surface area contributed by atoms with Crippen molar-refractivity contribution in [1.29, 1.82) is 0 Å². The molecule has 1 aliphatic rings. The maximum Gasteiger partial charge on any atom is 0.334 e. The Morgan fingerprint density at radius 2 is 1.45 bits per heavy atom. The molecule has 103 valence electrons. The second-order valence-corrected chi connectivity index (χ2v) is 6.07. The summed E-state index contributed by atoms with van der Waals surface area (Å²) in [6.07, 6.45) is 0. The smallest absolute Gasteiger partial charge is 0.288 e. The topological polar surface area (TPSA) is 114 Å². The molecule has 1 heterocycles. The second kappa shape index (κ2) is 5.15. The molecule has 7 nitrogen and oxygen atoms in total. The van der Waals surface area contributed by atoms with Gasteiger partial charge in [-0.05, 0) is 12.1 Å². The van der Waals surface area contributed by atoms with E-state index >= 15 is 0 Å². The summed E-state index contributed by atoms with van der Waals surface area (Å²) in [5.41, 5.74) is -1.57. The number of fused-ring (bicyclic) bond motifs is 1. The predicted octanol–water partition coefficient (Wildman–Crippen LogP) is -0.494. The third kappa shape index (κ3) is 2.76. The molecule has 0 aromatic heterocycles. The molecule has 0 bridgehead atoms. The van der Waals surface area contributed by atoms with Gasteiger partial charge in [0.15, 0.2) is 0 Å². The van der Waals surface area contributed by atoms with Crippen LogP contribution in [-0.4, -0.2) is 58.2 Å². The van der Waals surface area contributed by atoms with Gasteiger partial charge in [-0.25, -0.2) is 0 Å². The number of nitrogens with one attached hydrogen (secondary N) is 1. The van der Waals surface area contributed by atoms with Crippen molar-refractivity contribution in [3.63, 3.8) is 0 Å². The second-order valence-electron chi connectivity index (χ2n) is 3.47. The van der Waals surface area contributed by atoms with Gasteiger partial charge >= 0.3 is 20.4 Å². The predicted molar refractivity (Wildman–Crippen MR) is 60.6 cm³/mol. The largest absolute Gasteiger partial charge is 0.334 e. The summed E-state index contributed by atoms with van der Waals surface area (Å²) < 4.78 is 69.4. The van der Waals surface area contributed by atoms with Gasteiger partial charge in [-0.1, -0.05) is 0 Å². The summed E-state index contributed by atoms with van der Waals surface area (Å²) in [5.74, 6) is -2.35. The summed E-state index contributed by atoms with van der Waals surface area (Å²) in [6.45, 7) is 0. The van der Waals surface area contributed by atoms with E-state index in [4.69, 9.17) is 0 Å². The van der Waals surface area contributed by atoms with Gasteiger partial charge in [0, 0.05) is 29.6 Å². The normalized spacial score (nSPS) is 14.5. The van der Waals surface area contributed by atoms with Crippen LogP contribution in [0.5, 0.6) is 0 Å². The van der Waals surface area contributed by atoms with Crippen molar-refractivity contribution in [2.75, 3.05) is 0 Å². The third-order valence-corrected chi connectivity index (χ3v) is 4.23. The molecule has 0 atom stereocenters. The number of halogens is 2. The summed E-state index contributed by atoms with van der Waals surface area (Å²) in [5, 5.41) is 1.65. The van der Waals surface area contributed by atoms with E-state index in [1.807, 2.05) is 0 Å². The molecule has 2 amide bonds. The third-order valence-electron chi connectivity index (χ3n) is 2.33. The van der Waals surface area contributed by atoms with Crippen LogP contribution in [0.3, 0.4) is 0 Å². The Hall–Kier alpha value is -0.880. The average molecular weight is 334 g/mol. The Morgan fingerprint density at radius 1 is 0.900 bits per heavy atom. The molecular formula is C8H3F2NNaO6S2. The number of carbonyl (C=O) groups is 2. The van der Waals surface area contributed by atoms with E-state index in [1.54, 1.807) is 5.32 Å². The van der Waals surface area contributed by atoms with Crippen molar-refractivity contribution in [3.05, 3.63) is 23.3 Å². The molecule has 2 rings (SSSR count). The molecule has 12 heteroatoms. The molecule has 1 aromatic carbocycles. The fourth-order valence-corrected chi connectivity index (χ4v) is 3.55. The van der Waals surface area contributed by atoms with Gasteiger partial charge in [0.05, 0.1) is 11.1 Å². The van der Waals surface area contributed by atoms with Crippen LogP contribution in [-0.2, 0) is 20.4 Å². The number of carbonyl (C=O) groups excluding carboxylic acids is 2. The minimum atomic E-state index is -5.73. The Morgan fingerprint density at radius 3 is 1.90 bits per heavy atom. The number of rotatable bonds is 2. The molecule has 1 aliphatic heterocycles. The van der Waals surface area contributed by atoms with Crippen LogP contribution in [0.15, 0.2) is 21.9 Å². The Labute approximate surface area is 134 Å². The molecule has 0 saturated heterocycles. The van der Waals surface area contributed by atoms with Crippen LogP contribution in [0.4, 0.5) is 7.77 Å². The Kier molecular flexibility index (Phi) is 4.42. The van der Waals surface area contributed by atoms with Gasteiger partial charge in [0.25, 0.3) is 11.8 Å². The number of benzene rings is 1. The molecule has 20 heavy (non-hydrogen) atoms. The fourth-order valence-electron chi connectivity index (χ4n) is 1.65. The van der Waals surface area contributed by atoms with Gasteiger partial charge in [-0.3, -0.25) is 14.9 Å². The Bertz CT molecular complexity index is 833. The van der Waals surface area contributed by atoms with Crippen LogP contribution in [0, 0.1) is 0 Å². The first-order valence-corrected chi connectivity index (χ1v) is 7.22. The SMILES string of the molecule is O=C1NC(=O)c2c1ccc(S(=O)(=O)F)c2S(=O)(=O)F.[Na]. The first-order valence-electron chi connectivity index (χ1n) is 4.45. The molecule has 1 N–H and O–H groups in total. The van der Waals surface area contributed by atoms with Gasteiger partial charge in [0.1, 0.15) is 9.79 Å². The van der Waals surface area contributed by atoms with Crippen molar-refractivity contribution in [2.45, 2.75) is 9.79 Å². The summed E-state index contributed by atoms with van der Waals surface area (Å²) in [7, 11) is -11.3.